The van der Waals surface area contributed by atoms with Crippen LogP contribution in [0.5, 0.6) is 0 Å². The zero-order valence-electron chi connectivity index (χ0n) is 6.17. The van der Waals surface area contributed by atoms with Crippen LogP contribution >= 0.6 is 12.6 Å². The minimum Gasteiger partial charge on any atom is -0.269 e. The highest BCUT2D eigenvalue weighted by atomic mass is 32.1. The van der Waals surface area contributed by atoms with Gasteiger partial charge in [0.05, 0.1) is 0 Å². The molecule has 9 heavy (non-hydrogen) atoms. The third-order valence-corrected chi connectivity index (χ3v) is 1.17. The Kier molecular flexibility index (Phi) is 5.24. The molecule has 0 aromatic rings. The number of thiol groups is 1. The largest absolute Gasteiger partial charge is 0.269 e. The second kappa shape index (κ2) is 5.09. The summed E-state index contributed by atoms with van der Waals surface area (Å²) in [5, 5.41) is 2.18. The Morgan fingerprint density at radius 2 is 2.22 bits per heavy atom. The van der Waals surface area contributed by atoms with Crippen molar-refractivity contribution in [2.24, 2.45) is 5.84 Å². The van der Waals surface area contributed by atoms with Gasteiger partial charge in [-0.3, -0.25) is 5.84 Å². The smallest absolute Gasteiger partial charge is 0.0242 e. The van der Waals surface area contributed by atoms with Gasteiger partial charge in [0.1, 0.15) is 0 Å². The first-order valence-corrected chi connectivity index (χ1v) is 3.86. The molecule has 0 bridgehead atoms. The lowest BCUT2D eigenvalue weighted by molar-refractivity contribution is 0.288. The van der Waals surface area contributed by atoms with Crippen LogP contribution in [-0.4, -0.2) is 23.3 Å². The van der Waals surface area contributed by atoms with Gasteiger partial charge in [-0.15, -0.1) is 0 Å². The molecular weight excluding hydrogens is 132 g/mol. The van der Waals surface area contributed by atoms with Crippen molar-refractivity contribution in [2.45, 2.75) is 25.5 Å². The summed E-state index contributed by atoms with van der Waals surface area (Å²) in [6.07, 6.45) is 1.11. The monoisotopic (exact) mass is 148 g/mol. The Balaban J connectivity index is 3.15. The Bertz CT molecular complexity index is 66.1. The fourth-order valence-electron chi connectivity index (χ4n) is 0.718. The van der Waals surface area contributed by atoms with Gasteiger partial charge in [0.2, 0.25) is 0 Å². The predicted octanol–water partition coefficient (Wildman–Crippen LogP) is 0.890. The van der Waals surface area contributed by atoms with Crippen molar-refractivity contribution in [2.75, 3.05) is 13.1 Å². The van der Waals surface area contributed by atoms with Crippen molar-refractivity contribution in [3.8, 4) is 0 Å². The summed E-state index contributed by atoms with van der Waals surface area (Å²) in [6, 6.07) is 0. The van der Waals surface area contributed by atoms with Gasteiger partial charge in [-0.25, -0.2) is 5.01 Å². The molecule has 1 unspecified atom stereocenters. The number of hydrogen-bond donors (Lipinski definition) is 2. The van der Waals surface area contributed by atoms with Crippen molar-refractivity contribution in [1.82, 2.24) is 5.01 Å². The average Bonchev–Trinajstić information content (AvgIpc) is 1.63. The topological polar surface area (TPSA) is 29.3 Å². The SMILES string of the molecule is CCCN(N)CC(C)S. The minimum atomic E-state index is 0.376. The molecule has 0 aliphatic carbocycles. The van der Waals surface area contributed by atoms with E-state index in [2.05, 4.69) is 19.6 Å². The molecule has 2 nitrogen and oxygen atoms in total. The van der Waals surface area contributed by atoms with Crippen LogP contribution in [-0.2, 0) is 0 Å². The van der Waals surface area contributed by atoms with Crippen LogP contribution in [0.4, 0.5) is 0 Å². The van der Waals surface area contributed by atoms with Gasteiger partial charge < -0.3 is 0 Å². The van der Waals surface area contributed by atoms with Crippen LogP contribution in [0.2, 0.25) is 0 Å². The van der Waals surface area contributed by atoms with Gasteiger partial charge in [-0.05, 0) is 6.42 Å². The number of rotatable bonds is 4. The van der Waals surface area contributed by atoms with E-state index in [1.165, 1.54) is 0 Å². The van der Waals surface area contributed by atoms with Crippen molar-refractivity contribution < 1.29 is 0 Å². The second-order valence-electron chi connectivity index (χ2n) is 2.34. The van der Waals surface area contributed by atoms with Gasteiger partial charge in [0.15, 0.2) is 0 Å². The molecule has 1 atom stereocenters. The van der Waals surface area contributed by atoms with Crippen LogP contribution in [0.3, 0.4) is 0 Å². The molecule has 2 N–H and O–H groups in total. The van der Waals surface area contributed by atoms with E-state index < -0.39 is 0 Å². The van der Waals surface area contributed by atoms with E-state index in [9.17, 15) is 0 Å². The van der Waals surface area contributed by atoms with Gasteiger partial charge >= 0.3 is 0 Å². The van der Waals surface area contributed by atoms with Crippen molar-refractivity contribution in [1.29, 1.82) is 0 Å². The summed E-state index contributed by atoms with van der Waals surface area (Å²) in [7, 11) is 0. The summed E-state index contributed by atoms with van der Waals surface area (Å²) >= 11 is 4.21. The van der Waals surface area contributed by atoms with Crippen LogP contribution in [0.1, 0.15) is 20.3 Å². The third-order valence-electron chi connectivity index (χ3n) is 1.01. The molecule has 0 amide bonds. The first-order chi connectivity index (χ1) is 4.16. The molecule has 3 heteroatoms. The molecule has 0 saturated carbocycles. The molecule has 0 aliphatic heterocycles. The van der Waals surface area contributed by atoms with Gasteiger partial charge in [0, 0.05) is 18.3 Å². The lowest BCUT2D eigenvalue weighted by atomic mass is 10.4. The number of nitrogens with two attached hydrogens (primary N) is 1. The molecule has 0 heterocycles. The molecule has 0 spiro atoms. The number of hydrazine groups is 1. The van der Waals surface area contributed by atoms with E-state index in [1.807, 2.05) is 6.92 Å². The van der Waals surface area contributed by atoms with Crippen molar-refractivity contribution >= 4 is 12.6 Å². The fourth-order valence-corrected chi connectivity index (χ4v) is 0.928. The number of hydrogen-bond acceptors (Lipinski definition) is 3. The lowest BCUT2D eigenvalue weighted by Gasteiger charge is -2.16. The highest BCUT2D eigenvalue weighted by molar-refractivity contribution is 7.80. The Morgan fingerprint density at radius 1 is 1.67 bits per heavy atom. The standard InChI is InChI=1S/C6H16N2S/c1-3-4-8(7)5-6(2)9/h6,9H,3-5,7H2,1-2H3. The maximum absolute atomic E-state index is 5.57. The zero-order chi connectivity index (χ0) is 7.28. The fraction of sp³-hybridized carbons (Fsp3) is 1.00. The van der Waals surface area contributed by atoms with E-state index in [-0.39, 0.29) is 0 Å². The molecular formula is C6H16N2S. The van der Waals surface area contributed by atoms with Crippen LogP contribution in [0.25, 0.3) is 0 Å². The number of nitrogens with zero attached hydrogens (tertiary/aromatic N) is 1. The van der Waals surface area contributed by atoms with Crippen LogP contribution < -0.4 is 5.84 Å². The second-order valence-corrected chi connectivity index (χ2v) is 3.23. The van der Waals surface area contributed by atoms with E-state index in [0.29, 0.717) is 5.25 Å². The van der Waals surface area contributed by atoms with Gasteiger partial charge in [-0.1, -0.05) is 13.8 Å². The molecule has 56 valence electrons. The van der Waals surface area contributed by atoms with E-state index in [0.717, 1.165) is 19.5 Å². The maximum Gasteiger partial charge on any atom is 0.0242 e. The van der Waals surface area contributed by atoms with Crippen LogP contribution in [0.15, 0.2) is 0 Å². The van der Waals surface area contributed by atoms with Gasteiger partial charge in [-0.2, -0.15) is 12.6 Å². The molecule has 0 fully saturated rings. The molecule has 0 aliphatic rings. The highest BCUT2D eigenvalue weighted by Gasteiger charge is 1.99. The summed E-state index contributed by atoms with van der Waals surface area (Å²) in [6.45, 7) is 5.99. The normalized spacial score (nSPS) is 14.3. The summed E-state index contributed by atoms with van der Waals surface area (Å²) in [4.78, 5) is 0. The van der Waals surface area contributed by atoms with E-state index in [1.54, 1.807) is 5.01 Å². The molecule has 0 rings (SSSR count). The Hall–Kier alpha value is 0.270. The summed E-state index contributed by atoms with van der Waals surface area (Å²) in [5.41, 5.74) is 0. The molecule has 0 radical (unpaired) electrons. The van der Waals surface area contributed by atoms with Gasteiger partial charge in [0.25, 0.3) is 0 Å². The quantitative estimate of drug-likeness (QED) is 0.352. The Labute approximate surface area is 62.8 Å². The van der Waals surface area contributed by atoms with E-state index >= 15 is 0 Å². The first kappa shape index (κ1) is 9.27. The molecule has 0 aromatic carbocycles. The maximum atomic E-state index is 5.57. The minimum absolute atomic E-state index is 0.376. The molecule has 0 aromatic heterocycles. The summed E-state index contributed by atoms with van der Waals surface area (Å²) in [5.74, 6) is 5.57. The third kappa shape index (κ3) is 6.15. The Morgan fingerprint density at radius 3 is 2.56 bits per heavy atom. The van der Waals surface area contributed by atoms with Crippen molar-refractivity contribution in [3.63, 3.8) is 0 Å². The first-order valence-electron chi connectivity index (χ1n) is 3.34. The molecule has 0 saturated heterocycles. The lowest BCUT2D eigenvalue weighted by Crippen LogP contribution is -2.35. The predicted molar refractivity (Wildman–Crippen MR) is 44.5 cm³/mol. The van der Waals surface area contributed by atoms with Crippen molar-refractivity contribution in [3.05, 3.63) is 0 Å². The van der Waals surface area contributed by atoms with E-state index in [4.69, 9.17) is 5.84 Å². The zero-order valence-corrected chi connectivity index (χ0v) is 7.06. The average molecular weight is 148 g/mol. The summed E-state index contributed by atoms with van der Waals surface area (Å²) < 4.78 is 0. The van der Waals surface area contributed by atoms with Crippen LogP contribution in [0, 0.1) is 0 Å². The highest BCUT2D eigenvalue weighted by Crippen LogP contribution is 1.93.